The number of pyridine rings is 1. The minimum Gasteiger partial charge on any atom is -0.481 e. The molecule has 2 aromatic heterocycles. The van der Waals surface area contributed by atoms with Gasteiger partial charge in [0, 0.05) is 23.6 Å². The second-order valence-electron chi connectivity index (χ2n) is 6.08. The number of nitrogens with one attached hydrogen (secondary N) is 1. The quantitative estimate of drug-likeness (QED) is 0.715. The maximum Gasteiger partial charge on any atom is 0.255 e. The Morgan fingerprint density at radius 2 is 2.12 bits per heavy atom. The van der Waals surface area contributed by atoms with Crippen LogP contribution in [0.3, 0.4) is 0 Å². The number of carbonyl (C=O) groups is 1. The zero-order chi connectivity index (χ0) is 18.3. The number of amides is 1. The minimum atomic E-state index is -0.240. The van der Waals surface area contributed by atoms with Crippen molar-refractivity contribution < 1.29 is 9.53 Å². The third-order valence-electron chi connectivity index (χ3n) is 4.51. The number of methoxy groups -OCH3 is 1. The van der Waals surface area contributed by atoms with Gasteiger partial charge in [0.2, 0.25) is 11.8 Å². The van der Waals surface area contributed by atoms with Gasteiger partial charge in [-0.25, -0.2) is 9.97 Å². The number of benzene rings is 1. The van der Waals surface area contributed by atoms with Crippen molar-refractivity contribution in [1.82, 2.24) is 19.9 Å². The van der Waals surface area contributed by atoms with Crippen LogP contribution in [0.2, 0.25) is 0 Å². The standard InChI is InChI=1S/C18H17N5O3/c1-26-15-8-12(10-4-2-3-5-13(10)20-15)17(25)23-7-6-11-14(9-23)21-18(19)22-16(11)24/h2-5,8H,6-7,9H2,1H3,(H3,19,21,22,24). The third-order valence-corrected chi connectivity index (χ3v) is 4.51. The van der Waals surface area contributed by atoms with E-state index in [-0.39, 0.29) is 24.0 Å². The topological polar surface area (TPSA) is 114 Å². The number of H-pyrrole nitrogens is 1. The highest BCUT2D eigenvalue weighted by atomic mass is 16.5. The lowest BCUT2D eigenvalue weighted by Gasteiger charge is -2.28. The summed E-state index contributed by atoms with van der Waals surface area (Å²) in [7, 11) is 1.52. The molecule has 8 heteroatoms. The van der Waals surface area contributed by atoms with Gasteiger partial charge in [0.15, 0.2) is 0 Å². The normalized spacial score (nSPS) is 13.5. The fourth-order valence-corrected chi connectivity index (χ4v) is 3.24. The Hall–Kier alpha value is -3.42. The number of hydrogen-bond donors (Lipinski definition) is 2. The van der Waals surface area contributed by atoms with E-state index >= 15 is 0 Å². The largest absolute Gasteiger partial charge is 0.481 e. The average molecular weight is 351 g/mol. The molecular weight excluding hydrogens is 334 g/mol. The Labute approximate surface area is 148 Å². The predicted molar refractivity (Wildman–Crippen MR) is 96.0 cm³/mol. The Balaban J connectivity index is 1.75. The van der Waals surface area contributed by atoms with E-state index in [2.05, 4.69) is 15.0 Å². The smallest absolute Gasteiger partial charge is 0.255 e. The first-order valence-corrected chi connectivity index (χ1v) is 8.17. The monoisotopic (exact) mass is 351 g/mol. The number of carbonyl (C=O) groups excluding carboxylic acids is 1. The number of aromatic amines is 1. The molecule has 0 aliphatic carbocycles. The van der Waals surface area contributed by atoms with Crippen LogP contribution in [-0.4, -0.2) is 39.4 Å². The molecule has 0 fully saturated rings. The van der Waals surface area contributed by atoms with Crippen molar-refractivity contribution in [3.05, 3.63) is 57.5 Å². The third kappa shape index (κ3) is 2.65. The second-order valence-corrected chi connectivity index (χ2v) is 6.08. The number of nitrogen functional groups attached to an aromatic ring is 1. The summed E-state index contributed by atoms with van der Waals surface area (Å²) in [6.07, 6.45) is 0.434. The Morgan fingerprint density at radius 3 is 2.92 bits per heavy atom. The summed E-state index contributed by atoms with van der Waals surface area (Å²) in [6, 6.07) is 9.05. The molecule has 0 radical (unpaired) electrons. The van der Waals surface area contributed by atoms with Gasteiger partial charge in [-0.15, -0.1) is 0 Å². The molecule has 3 N–H and O–H groups in total. The van der Waals surface area contributed by atoms with Crippen molar-refractivity contribution in [1.29, 1.82) is 0 Å². The van der Waals surface area contributed by atoms with Gasteiger partial charge in [-0.2, -0.15) is 0 Å². The summed E-state index contributed by atoms with van der Waals surface area (Å²) >= 11 is 0. The number of hydrogen-bond acceptors (Lipinski definition) is 6. The van der Waals surface area contributed by atoms with Gasteiger partial charge in [0.25, 0.3) is 11.5 Å². The number of ether oxygens (including phenoxy) is 1. The minimum absolute atomic E-state index is 0.0547. The van der Waals surface area contributed by atoms with Gasteiger partial charge in [0.1, 0.15) is 0 Å². The highest BCUT2D eigenvalue weighted by Gasteiger charge is 2.26. The summed E-state index contributed by atoms with van der Waals surface area (Å²) in [4.78, 5) is 37.9. The predicted octanol–water partition coefficient (Wildman–Crippen LogP) is 1.11. The van der Waals surface area contributed by atoms with Crippen LogP contribution in [0.15, 0.2) is 35.1 Å². The van der Waals surface area contributed by atoms with Gasteiger partial charge < -0.3 is 15.4 Å². The Morgan fingerprint density at radius 1 is 1.31 bits per heavy atom. The second kappa shape index (κ2) is 6.14. The molecule has 0 bridgehead atoms. The van der Waals surface area contributed by atoms with Crippen LogP contribution >= 0.6 is 0 Å². The van der Waals surface area contributed by atoms with E-state index < -0.39 is 0 Å². The molecule has 1 aliphatic rings. The molecule has 0 saturated carbocycles. The van der Waals surface area contributed by atoms with Gasteiger partial charge in [-0.3, -0.25) is 14.6 Å². The lowest BCUT2D eigenvalue weighted by molar-refractivity contribution is 0.0733. The van der Waals surface area contributed by atoms with Crippen molar-refractivity contribution in [2.45, 2.75) is 13.0 Å². The number of rotatable bonds is 2. The number of nitrogens with two attached hydrogens (primary N) is 1. The van der Waals surface area contributed by atoms with Crippen molar-refractivity contribution >= 4 is 22.8 Å². The summed E-state index contributed by atoms with van der Waals surface area (Å²) in [5.74, 6) is 0.274. The van der Waals surface area contributed by atoms with Crippen LogP contribution in [0, 0.1) is 0 Å². The van der Waals surface area contributed by atoms with Crippen LogP contribution < -0.4 is 16.0 Å². The number of para-hydroxylation sites is 1. The van der Waals surface area contributed by atoms with Crippen LogP contribution in [0.5, 0.6) is 5.88 Å². The molecule has 0 unspecified atom stereocenters. The molecule has 4 rings (SSSR count). The van der Waals surface area contributed by atoms with Crippen LogP contribution in [0.25, 0.3) is 10.9 Å². The maximum absolute atomic E-state index is 13.2. The molecule has 1 aliphatic heterocycles. The highest BCUT2D eigenvalue weighted by molar-refractivity contribution is 6.06. The molecule has 0 saturated heterocycles. The number of anilines is 1. The van der Waals surface area contributed by atoms with E-state index in [1.54, 1.807) is 11.0 Å². The van der Waals surface area contributed by atoms with Crippen molar-refractivity contribution in [2.24, 2.45) is 0 Å². The summed E-state index contributed by atoms with van der Waals surface area (Å²) in [5.41, 5.74) is 7.71. The van der Waals surface area contributed by atoms with Crippen molar-refractivity contribution in [3.8, 4) is 5.88 Å². The first kappa shape index (κ1) is 16.1. The molecule has 3 aromatic rings. The first-order valence-electron chi connectivity index (χ1n) is 8.17. The molecule has 1 amide bonds. The summed E-state index contributed by atoms with van der Waals surface area (Å²) < 4.78 is 5.23. The lowest BCUT2D eigenvalue weighted by Crippen LogP contribution is -2.39. The van der Waals surface area contributed by atoms with E-state index in [1.165, 1.54) is 7.11 Å². The van der Waals surface area contributed by atoms with Crippen LogP contribution in [-0.2, 0) is 13.0 Å². The fourth-order valence-electron chi connectivity index (χ4n) is 3.24. The van der Waals surface area contributed by atoms with Crippen LogP contribution in [0.4, 0.5) is 5.95 Å². The highest BCUT2D eigenvalue weighted by Crippen LogP contribution is 2.25. The Kier molecular flexibility index (Phi) is 3.80. The number of fused-ring (bicyclic) bond motifs is 2. The van der Waals surface area contributed by atoms with E-state index in [1.807, 2.05) is 24.3 Å². The zero-order valence-corrected chi connectivity index (χ0v) is 14.2. The number of aromatic nitrogens is 3. The Bertz CT molecular complexity index is 1080. The molecule has 3 heterocycles. The van der Waals surface area contributed by atoms with Crippen molar-refractivity contribution in [2.75, 3.05) is 19.4 Å². The lowest BCUT2D eigenvalue weighted by atomic mass is 10.0. The average Bonchev–Trinajstić information content (AvgIpc) is 2.65. The first-order chi connectivity index (χ1) is 12.6. The fraction of sp³-hybridized carbons (Fsp3) is 0.222. The van der Waals surface area contributed by atoms with Gasteiger partial charge >= 0.3 is 0 Å². The SMILES string of the molecule is COc1cc(C(=O)N2CCc3c(nc(N)[nH]c3=O)C2)c2ccccc2n1. The zero-order valence-electron chi connectivity index (χ0n) is 14.2. The van der Waals surface area contributed by atoms with Gasteiger partial charge in [-0.1, -0.05) is 18.2 Å². The summed E-state index contributed by atoms with van der Waals surface area (Å²) in [5, 5.41) is 0.752. The van der Waals surface area contributed by atoms with E-state index in [4.69, 9.17) is 10.5 Å². The van der Waals surface area contributed by atoms with Gasteiger partial charge in [0.05, 0.1) is 30.4 Å². The van der Waals surface area contributed by atoms with E-state index in [0.717, 1.165) is 5.39 Å². The maximum atomic E-state index is 13.2. The molecule has 0 atom stereocenters. The molecule has 1 aromatic carbocycles. The molecule has 0 spiro atoms. The number of nitrogens with zero attached hydrogens (tertiary/aromatic N) is 3. The van der Waals surface area contributed by atoms with E-state index in [0.29, 0.717) is 41.2 Å². The van der Waals surface area contributed by atoms with Crippen molar-refractivity contribution in [3.63, 3.8) is 0 Å². The molecule has 26 heavy (non-hydrogen) atoms. The van der Waals surface area contributed by atoms with Crippen LogP contribution in [0.1, 0.15) is 21.6 Å². The molecule has 8 nitrogen and oxygen atoms in total. The van der Waals surface area contributed by atoms with Gasteiger partial charge in [-0.05, 0) is 12.5 Å². The summed E-state index contributed by atoms with van der Waals surface area (Å²) in [6.45, 7) is 0.667. The van der Waals surface area contributed by atoms with E-state index in [9.17, 15) is 9.59 Å². The molecular formula is C18H17N5O3. The molecule has 132 valence electrons.